The third-order valence-corrected chi connectivity index (χ3v) is 4.40. The Hall–Kier alpha value is -0.750. The molecule has 1 amide bonds. The number of rotatable bonds is 2. The number of halogens is 4. The molecule has 0 bridgehead atoms. The van der Waals surface area contributed by atoms with E-state index in [0.717, 1.165) is 0 Å². The van der Waals surface area contributed by atoms with E-state index in [1.54, 1.807) is 24.3 Å². The van der Waals surface area contributed by atoms with E-state index in [4.69, 9.17) is 23.2 Å². The van der Waals surface area contributed by atoms with E-state index in [1.165, 1.54) is 6.07 Å². The number of amides is 1. The van der Waals surface area contributed by atoms with Crippen LogP contribution in [0.25, 0.3) is 0 Å². The second kappa shape index (κ2) is 6.35. The van der Waals surface area contributed by atoms with Crippen LogP contribution in [0.15, 0.2) is 39.3 Å². The summed E-state index contributed by atoms with van der Waals surface area (Å²) in [5.41, 5.74) is 0.914. The van der Waals surface area contributed by atoms with Crippen molar-refractivity contribution in [3.63, 3.8) is 0 Å². The minimum Gasteiger partial charge on any atom is -0.506 e. The van der Waals surface area contributed by atoms with Gasteiger partial charge in [-0.2, -0.15) is 0 Å². The van der Waals surface area contributed by atoms with Crippen molar-refractivity contribution < 1.29 is 9.90 Å². The standard InChI is InChI=1S/C13H7Br2Cl2NO2/c14-8-4-7(5-9(15)12(8)19)18-13(20)6-1-2-10(16)11(17)3-6/h1-5,19H,(H,18,20). The normalized spacial score (nSPS) is 10.4. The van der Waals surface area contributed by atoms with Crippen molar-refractivity contribution in [1.29, 1.82) is 0 Å². The Morgan fingerprint density at radius 3 is 2.20 bits per heavy atom. The molecule has 2 aromatic rings. The Balaban J connectivity index is 2.25. The summed E-state index contributed by atoms with van der Waals surface area (Å²) in [6, 6.07) is 7.81. The number of aromatic hydroxyl groups is 1. The first kappa shape index (κ1) is 15.6. The van der Waals surface area contributed by atoms with Gasteiger partial charge in [0.05, 0.1) is 19.0 Å². The summed E-state index contributed by atoms with van der Waals surface area (Å²) in [7, 11) is 0. The Morgan fingerprint density at radius 1 is 1.05 bits per heavy atom. The van der Waals surface area contributed by atoms with E-state index < -0.39 is 0 Å². The van der Waals surface area contributed by atoms with E-state index in [1.807, 2.05) is 0 Å². The van der Waals surface area contributed by atoms with Crippen LogP contribution in [0.4, 0.5) is 5.69 Å². The lowest BCUT2D eigenvalue weighted by molar-refractivity contribution is 0.102. The summed E-state index contributed by atoms with van der Waals surface area (Å²) in [4.78, 5) is 12.1. The third kappa shape index (κ3) is 3.47. The Labute approximate surface area is 142 Å². The van der Waals surface area contributed by atoms with Crippen molar-refractivity contribution >= 4 is 66.7 Å². The summed E-state index contributed by atoms with van der Waals surface area (Å²) in [5.74, 6) is -0.259. The van der Waals surface area contributed by atoms with Gasteiger partial charge in [-0.3, -0.25) is 4.79 Å². The van der Waals surface area contributed by atoms with Crippen molar-refractivity contribution in [2.45, 2.75) is 0 Å². The molecule has 2 rings (SSSR count). The molecule has 3 nitrogen and oxygen atoms in total. The lowest BCUT2D eigenvalue weighted by Gasteiger charge is -2.08. The summed E-state index contributed by atoms with van der Waals surface area (Å²) < 4.78 is 0.938. The zero-order chi connectivity index (χ0) is 14.9. The smallest absolute Gasteiger partial charge is 0.255 e. The maximum absolute atomic E-state index is 12.1. The fourth-order valence-corrected chi connectivity index (χ4v) is 2.96. The average molecular weight is 440 g/mol. The predicted octanol–water partition coefficient (Wildman–Crippen LogP) is 5.48. The summed E-state index contributed by atoms with van der Waals surface area (Å²) in [5, 5.41) is 13.0. The number of phenolic OH excluding ortho intramolecular Hbond substituents is 1. The summed E-state index contributed by atoms with van der Waals surface area (Å²) in [6.07, 6.45) is 0. The maximum atomic E-state index is 12.1. The number of anilines is 1. The number of carbonyl (C=O) groups is 1. The molecule has 0 radical (unpaired) electrons. The number of carbonyl (C=O) groups excluding carboxylic acids is 1. The highest BCUT2D eigenvalue weighted by Crippen LogP contribution is 2.35. The van der Waals surface area contributed by atoms with Crippen molar-refractivity contribution in [3.8, 4) is 5.75 Å². The zero-order valence-corrected chi connectivity index (χ0v) is 14.4. The number of nitrogens with one attached hydrogen (secondary N) is 1. The zero-order valence-electron chi connectivity index (χ0n) is 9.75. The topological polar surface area (TPSA) is 49.3 Å². The Bertz CT molecular complexity index is 669. The highest BCUT2D eigenvalue weighted by atomic mass is 79.9. The van der Waals surface area contributed by atoms with Gasteiger partial charge >= 0.3 is 0 Å². The van der Waals surface area contributed by atoms with Gasteiger partial charge in [0.15, 0.2) is 0 Å². The molecule has 0 unspecified atom stereocenters. The second-order valence-electron chi connectivity index (χ2n) is 3.87. The molecule has 2 aromatic carbocycles. The molecule has 0 fully saturated rings. The molecule has 0 saturated carbocycles. The van der Waals surface area contributed by atoms with Gasteiger partial charge in [0.25, 0.3) is 5.91 Å². The first-order chi connectivity index (χ1) is 9.38. The van der Waals surface area contributed by atoms with Crippen LogP contribution in [0.2, 0.25) is 10.0 Å². The van der Waals surface area contributed by atoms with Crippen LogP contribution in [0.3, 0.4) is 0 Å². The van der Waals surface area contributed by atoms with Gasteiger partial charge in [0, 0.05) is 11.3 Å². The Morgan fingerprint density at radius 2 is 1.65 bits per heavy atom. The van der Waals surface area contributed by atoms with Gasteiger partial charge in [-0.05, 0) is 62.2 Å². The molecular weight excluding hydrogens is 433 g/mol. The molecule has 0 heterocycles. The maximum Gasteiger partial charge on any atom is 0.255 e. The minimum atomic E-state index is -0.326. The molecular formula is C13H7Br2Cl2NO2. The quantitative estimate of drug-likeness (QED) is 0.609. The van der Waals surface area contributed by atoms with Crippen molar-refractivity contribution in [2.75, 3.05) is 5.32 Å². The molecule has 0 aliphatic carbocycles. The van der Waals surface area contributed by atoms with E-state index in [2.05, 4.69) is 37.2 Å². The van der Waals surface area contributed by atoms with Crippen molar-refractivity contribution in [3.05, 3.63) is 54.9 Å². The summed E-state index contributed by atoms with van der Waals surface area (Å²) in [6.45, 7) is 0. The van der Waals surface area contributed by atoms with Crippen LogP contribution in [0.5, 0.6) is 5.75 Å². The van der Waals surface area contributed by atoms with Gasteiger partial charge in [-0.15, -0.1) is 0 Å². The van der Waals surface area contributed by atoms with Crippen LogP contribution in [-0.4, -0.2) is 11.0 Å². The third-order valence-electron chi connectivity index (χ3n) is 2.46. The molecule has 0 aromatic heterocycles. The molecule has 0 aliphatic rings. The van der Waals surface area contributed by atoms with Crippen LogP contribution in [0.1, 0.15) is 10.4 Å². The van der Waals surface area contributed by atoms with Crippen LogP contribution in [0, 0.1) is 0 Å². The van der Waals surface area contributed by atoms with Gasteiger partial charge in [0.1, 0.15) is 5.75 Å². The fraction of sp³-hybridized carbons (Fsp3) is 0. The van der Waals surface area contributed by atoms with E-state index in [9.17, 15) is 9.90 Å². The number of benzene rings is 2. The van der Waals surface area contributed by atoms with Crippen LogP contribution in [-0.2, 0) is 0 Å². The molecule has 2 N–H and O–H groups in total. The number of hydrogen-bond acceptors (Lipinski definition) is 2. The Kier molecular flexibility index (Phi) is 4.96. The van der Waals surface area contributed by atoms with Gasteiger partial charge in [-0.25, -0.2) is 0 Å². The molecule has 0 saturated heterocycles. The first-order valence-corrected chi connectivity index (χ1v) is 7.67. The molecule has 20 heavy (non-hydrogen) atoms. The first-order valence-electron chi connectivity index (χ1n) is 5.33. The van der Waals surface area contributed by atoms with Gasteiger partial charge in [0.2, 0.25) is 0 Å². The van der Waals surface area contributed by atoms with E-state index >= 15 is 0 Å². The van der Waals surface area contributed by atoms with Gasteiger partial charge < -0.3 is 10.4 Å². The highest BCUT2D eigenvalue weighted by Gasteiger charge is 2.11. The lowest BCUT2D eigenvalue weighted by Crippen LogP contribution is -2.11. The predicted molar refractivity (Wildman–Crippen MR) is 87.9 cm³/mol. The molecule has 104 valence electrons. The fourth-order valence-electron chi connectivity index (χ4n) is 1.48. The van der Waals surface area contributed by atoms with Crippen LogP contribution < -0.4 is 5.32 Å². The molecule has 0 atom stereocenters. The summed E-state index contributed by atoms with van der Waals surface area (Å²) >= 11 is 18.1. The lowest BCUT2D eigenvalue weighted by atomic mass is 10.2. The monoisotopic (exact) mass is 437 g/mol. The second-order valence-corrected chi connectivity index (χ2v) is 6.39. The minimum absolute atomic E-state index is 0.0672. The molecule has 7 heteroatoms. The van der Waals surface area contributed by atoms with Gasteiger partial charge in [-0.1, -0.05) is 23.2 Å². The van der Waals surface area contributed by atoms with Crippen molar-refractivity contribution in [1.82, 2.24) is 0 Å². The SMILES string of the molecule is O=C(Nc1cc(Br)c(O)c(Br)c1)c1ccc(Cl)c(Cl)c1. The molecule has 0 aliphatic heterocycles. The highest BCUT2D eigenvalue weighted by molar-refractivity contribution is 9.11. The van der Waals surface area contributed by atoms with Crippen LogP contribution >= 0.6 is 55.1 Å². The largest absolute Gasteiger partial charge is 0.506 e. The number of hydrogen-bond donors (Lipinski definition) is 2. The van der Waals surface area contributed by atoms with E-state index in [-0.39, 0.29) is 11.7 Å². The number of phenols is 1. The van der Waals surface area contributed by atoms with Crippen molar-refractivity contribution in [2.24, 2.45) is 0 Å². The molecule has 0 spiro atoms. The average Bonchev–Trinajstić information content (AvgIpc) is 2.39. The van der Waals surface area contributed by atoms with E-state index in [0.29, 0.717) is 30.2 Å².